The molecule has 0 saturated heterocycles. The lowest BCUT2D eigenvalue weighted by Crippen LogP contribution is -2.10. The van der Waals surface area contributed by atoms with E-state index in [0.29, 0.717) is 12.4 Å². The molecule has 0 bridgehead atoms. The normalized spacial score (nSPS) is 10.1. The second-order valence-corrected chi connectivity index (χ2v) is 4.65. The van der Waals surface area contributed by atoms with Gasteiger partial charge in [0, 0.05) is 25.8 Å². The highest BCUT2D eigenvalue weighted by Gasteiger charge is 2.13. The van der Waals surface area contributed by atoms with Gasteiger partial charge in [0.15, 0.2) is 0 Å². The van der Waals surface area contributed by atoms with Crippen molar-refractivity contribution in [1.29, 1.82) is 0 Å². The van der Waals surface area contributed by atoms with Crippen molar-refractivity contribution < 1.29 is 14.6 Å². The summed E-state index contributed by atoms with van der Waals surface area (Å²) in [6.45, 7) is 0.345. The van der Waals surface area contributed by atoms with Crippen molar-refractivity contribution in [3.05, 3.63) is 59.7 Å². The second-order valence-electron chi connectivity index (χ2n) is 4.65. The standard InChI is InChI=1S/C16H17NO3/c1-17(2)13-8-9-14(16(18)19)15(10-13)20-11-12-6-4-3-5-7-12/h3-10H,11H2,1-2H3,(H,18,19). The van der Waals surface area contributed by atoms with Gasteiger partial charge in [0.1, 0.15) is 17.9 Å². The summed E-state index contributed by atoms with van der Waals surface area (Å²) in [6.07, 6.45) is 0. The first-order valence-electron chi connectivity index (χ1n) is 6.29. The molecule has 0 heterocycles. The van der Waals surface area contributed by atoms with Crippen LogP contribution < -0.4 is 9.64 Å². The molecular weight excluding hydrogens is 254 g/mol. The Morgan fingerprint density at radius 3 is 2.45 bits per heavy atom. The molecular formula is C16H17NO3. The van der Waals surface area contributed by atoms with Crippen molar-refractivity contribution in [3.63, 3.8) is 0 Å². The van der Waals surface area contributed by atoms with Crippen molar-refractivity contribution >= 4 is 11.7 Å². The Balaban J connectivity index is 2.24. The minimum atomic E-state index is -0.988. The first-order chi connectivity index (χ1) is 9.58. The van der Waals surface area contributed by atoms with Gasteiger partial charge in [-0.15, -0.1) is 0 Å². The van der Waals surface area contributed by atoms with Crippen LogP contribution in [0.25, 0.3) is 0 Å². The van der Waals surface area contributed by atoms with Gasteiger partial charge in [-0.25, -0.2) is 4.79 Å². The number of aromatic carboxylic acids is 1. The number of benzene rings is 2. The van der Waals surface area contributed by atoms with Crippen LogP contribution in [-0.4, -0.2) is 25.2 Å². The number of hydrogen-bond donors (Lipinski definition) is 1. The zero-order valence-electron chi connectivity index (χ0n) is 11.5. The molecule has 0 unspecified atom stereocenters. The van der Waals surface area contributed by atoms with Crippen LogP contribution in [-0.2, 0) is 6.61 Å². The van der Waals surface area contributed by atoms with Gasteiger partial charge in [0.25, 0.3) is 0 Å². The Hall–Kier alpha value is -2.49. The molecule has 2 rings (SSSR count). The van der Waals surface area contributed by atoms with Crippen LogP contribution >= 0.6 is 0 Å². The maximum atomic E-state index is 11.2. The van der Waals surface area contributed by atoms with E-state index in [-0.39, 0.29) is 5.56 Å². The van der Waals surface area contributed by atoms with Crippen LogP contribution in [0, 0.1) is 0 Å². The zero-order chi connectivity index (χ0) is 14.5. The van der Waals surface area contributed by atoms with Crippen LogP contribution in [0.4, 0.5) is 5.69 Å². The Morgan fingerprint density at radius 1 is 1.15 bits per heavy atom. The monoisotopic (exact) mass is 271 g/mol. The van der Waals surface area contributed by atoms with E-state index < -0.39 is 5.97 Å². The third-order valence-electron chi connectivity index (χ3n) is 2.95. The van der Waals surface area contributed by atoms with E-state index in [2.05, 4.69) is 0 Å². The number of hydrogen-bond acceptors (Lipinski definition) is 3. The number of carboxylic acid groups (broad SMARTS) is 1. The lowest BCUT2D eigenvalue weighted by Gasteiger charge is -2.16. The number of nitrogens with zero attached hydrogens (tertiary/aromatic N) is 1. The van der Waals surface area contributed by atoms with E-state index in [0.717, 1.165) is 11.3 Å². The van der Waals surface area contributed by atoms with Gasteiger partial charge >= 0.3 is 5.97 Å². The summed E-state index contributed by atoms with van der Waals surface area (Å²) in [5.41, 5.74) is 2.07. The third kappa shape index (κ3) is 3.29. The molecule has 4 nitrogen and oxygen atoms in total. The summed E-state index contributed by atoms with van der Waals surface area (Å²) in [6, 6.07) is 14.7. The maximum Gasteiger partial charge on any atom is 0.339 e. The molecule has 0 aromatic heterocycles. The molecule has 2 aromatic carbocycles. The SMILES string of the molecule is CN(C)c1ccc(C(=O)O)c(OCc2ccccc2)c1. The molecule has 4 heteroatoms. The van der Waals surface area contributed by atoms with E-state index >= 15 is 0 Å². The van der Waals surface area contributed by atoms with Crippen molar-refractivity contribution in [3.8, 4) is 5.75 Å². The minimum absolute atomic E-state index is 0.173. The Labute approximate surface area is 118 Å². The fourth-order valence-electron chi connectivity index (χ4n) is 1.82. The number of carboxylic acids is 1. The van der Waals surface area contributed by atoms with Gasteiger partial charge in [-0.05, 0) is 17.7 Å². The topological polar surface area (TPSA) is 49.8 Å². The van der Waals surface area contributed by atoms with E-state index in [4.69, 9.17) is 4.74 Å². The highest BCUT2D eigenvalue weighted by atomic mass is 16.5. The van der Waals surface area contributed by atoms with Crippen molar-refractivity contribution in [2.75, 3.05) is 19.0 Å². The second kappa shape index (κ2) is 6.10. The molecule has 0 aliphatic carbocycles. The van der Waals surface area contributed by atoms with Crippen LogP contribution in [0.1, 0.15) is 15.9 Å². The fraction of sp³-hybridized carbons (Fsp3) is 0.188. The van der Waals surface area contributed by atoms with E-state index in [1.54, 1.807) is 18.2 Å². The largest absolute Gasteiger partial charge is 0.488 e. The van der Waals surface area contributed by atoms with E-state index in [9.17, 15) is 9.90 Å². The Bertz CT molecular complexity index is 594. The molecule has 2 aromatic rings. The molecule has 0 atom stereocenters. The van der Waals surface area contributed by atoms with E-state index in [1.165, 1.54) is 0 Å². The van der Waals surface area contributed by atoms with Gasteiger partial charge in [0.2, 0.25) is 0 Å². The number of ether oxygens (including phenoxy) is 1. The molecule has 1 N–H and O–H groups in total. The predicted octanol–water partition coefficient (Wildman–Crippen LogP) is 3.03. The Kier molecular flexibility index (Phi) is 4.25. The fourth-order valence-corrected chi connectivity index (χ4v) is 1.82. The Morgan fingerprint density at radius 2 is 1.85 bits per heavy atom. The van der Waals surface area contributed by atoms with Crippen molar-refractivity contribution in [2.24, 2.45) is 0 Å². The van der Waals surface area contributed by atoms with Gasteiger partial charge in [-0.3, -0.25) is 0 Å². The van der Waals surface area contributed by atoms with E-state index in [1.807, 2.05) is 49.3 Å². The summed E-state index contributed by atoms with van der Waals surface area (Å²) in [7, 11) is 3.80. The lowest BCUT2D eigenvalue weighted by atomic mass is 10.1. The van der Waals surface area contributed by atoms with Gasteiger partial charge < -0.3 is 14.7 Å². The highest BCUT2D eigenvalue weighted by Crippen LogP contribution is 2.25. The predicted molar refractivity (Wildman–Crippen MR) is 78.5 cm³/mol. The van der Waals surface area contributed by atoms with Gasteiger partial charge in [0.05, 0.1) is 0 Å². The smallest absolute Gasteiger partial charge is 0.339 e. The molecule has 20 heavy (non-hydrogen) atoms. The summed E-state index contributed by atoms with van der Waals surface area (Å²) >= 11 is 0. The van der Waals surface area contributed by atoms with Gasteiger partial charge in [-0.1, -0.05) is 30.3 Å². The van der Waals surface area contributed by atoms with Gasteiger partial charge in [-0.2, -0.15) is 0 Å². The summed E-state index contributed by atoms with van der Waals surface area (Å²) < 4.78 is 5.67. The average Bonchev–Trinajstić information content (AvgIpc) is 2.45. The van der Waals surface area contributed by atoms with Crippen LogP contribution in [0.3, 0.4) is 0 Å². The molecule has 0 fully saturated rings. The first-order valence-corrected chi connectivity index (χ1v) is 6.29. The first kappa shape index (κ1) is 13.9. The third-order valence-corrected chi connectivity index (χ3v) is 2.95. The average molecular weight is 271 g/mol. The summed E-state index contributed by atoms with van der Waals surface area (Å²) in [5, 5.41) is 9.20. The molecule has 0 amide bonds. The zero-order valence-corrected chi connectivity index (χ0v) is 11.5. The molecule has 0 aliphatic rings. The molecule has 0 spiro atoms. The molecule has 0 saturated carbocycles. The van der Waals surface area contributed by atoms with Crippen molar-refractivity contribution in [2.45, 2.75) is 6.61 Å². The van der Waals surface area contributed by atoms with Crippen molar-refractivity contribution in [1.82, 2.24) is 0 Å². The minimum Gasteiger partial charge on any atom is -0.488 e. The molecule has 104 valence electrons. The number of rotatable bonds is 5. The highest BCUT2D eigenvalue weighted by molar-refractivity contribution is 5.91. The quantitative estimate of drug-likeness (QED) is 0.908. The molecule has 0 aliphatic heterocycles. The molecule has 0 radical (unpaired) electrons. The van der Waals surface area contributed by atoms with Crippen LogP contribution in [0.2, 0.25) is 0 Å². The maximum absolute atomic E-state index is 11.2. The summed E-state index contributed by atoms with van der Waals surface area (Å²) in [5.74, 6) is -0.606. The summed E-state index contributed by atoms with van der Waals surface area (Å²) in [4.78, 5) is 13.1. The van der Waals surface area contributed by atoms with Crippen LogP contribution in [0.15, 0.2) is 48.5 Å². The lowest BCUT2D eigenvalue weighted by molar-refractivity contribution is 0.0692. The van der Waals surface area contributed by atoms with Crippen LogP contribution in [0.5, 0.6) is 5.75 Å². The number of carbonyl (C=O) groups is 1. The number of anilines is 1.